The molecule has 0 saturated heterocycles. The van der Waals surface area contributed by atoms with Crippen molar-refractivity contribution in [3.05, 3.63) is 11.8 Å². The molecule has 1 fully saturated rings. The number of hydrogen-bond donors (Lipinski definition) is 0. The highest BCUT2D eigenvalue weighted by Gasteiger charge is 2.25. The summed E-state index contributed by atoms with van der Waals surface area (Å²) in [6, 6.07) is 0. The summed E-state index contributed by atoms with van der Waals surface area (Å²) in [4.78, 5) is 8.01. The largest absolute Gasteiger partial charge is 0.293 e. The smallest absolute Gasteiger partial charge is 0.0445 e. The maximum atomic E-state index is 4.04. The van der Waals surface area contributed by atoms with Crippen molar-refractivity contribution in [2.45, 2.75) is 19.8 Å². The number of nitrogens with zero attached hydrogens (tertiary/aromatic N) is 2. The molecule has 1 saturated carbocycles. The third-order valence-corrected chi connectivity index (χ3v) is 1.89. The predicted molar refractivity (Wildman–Crippen MR) is 49.4 cm³/mol. The number of rotatable bonds is 3. The second kappa shape index (κ2) is 3.46. The first-order valence-electron chi connectivity index (χ1n) is 3.89. The van der Waals surface area contributed by atoms with Gasteiger partial charge in [-0.2, -0.15) is 0 Å². The molecule has 0 aromatic rings. The molecular weight excluding hydrogens is 136 g/mol. The zero-order chi connectivity index (χ0) is 8.27. The van der Waals surface area contributed by atoms with Crippen LogP contribution >= 0.6 is 0 Å². The Morgan fingerprint density at radius 2 is 2.18 bits per heavy atom. The first kappa shape index (κ1) is 8.18. The summed E-state index contributed by atoms with van der Waals surface area (Å²) in [7, 11) is 1.79. The highest BCUT2D eigenvalue weighted by molar-refractivity contribution is 5.93. The van der Waals surface area contributed by atoms with Crippen LogP contribution in [0.5, 0.6) is 0 Å². The molecule has 1 aliphatic rings. The van der Waals surface area contributed by atoms with E-state index in [0.29, 0.717) is 5.92 Å². The van der Waals surface area contributed by atoms with Gasteiger partial charge < -0.3 is 0 Å². The van der Waals surface area contributed by atoms with Crippen LogP contribution in [-0.2, 0) is 0 Å². The van der Waals surface area contributed by atoms with Gasteiger partial charge in [-0.25, -0.2) is 0 Å². The van der Waals surface area contributed by atoms with E-state index in [1.165, 1.54) is 12.8 Å². The van der Waals surface area contributed by atoms with E-state index in [1.54, 1.807) is 7.05 Å². The predicted octanol–water partition coefficient (Wildman–Crippen LogP) is 2.07. The maximum Gasteiger partial charge on any atom is 0.0445 e. The molecule has 0 amide bonds. The lowest BCUT2D eigenvalue weighted by Crippen LogP contribution is -1.89. The molecule has 0 aromatic carbocycles. The standard InChI is InChI=1S/C9H14N2/c1-7(10-2)6-9(11-3)8-4-5-8/h6,8H,3-5H2,1-2H3/b9-6-,10-7-. The Morgan fingerprint density at radius 3 is 2.55 bits per heavy atom. The lowest BCUT2D eigenvalue weighted by Gasteiger charge is -1.95. The molecule has 0 spiro atoms. The number of hydrogen-bond acceptors (Lipinski definition) is 2. The summed E-state index contributed by atoms with van der Waals surface area (Å²) in [5.74, 6) is 0.671. The van der Waals surface area contributed by atoms with E-state index in [4.69, 9.17) is 0 Å². The van der Waals surface area contributed by atoms with Gasteiger partial charge in [-0.05, 0) is 32.6 Å². The second-order valence-corrected chi connectivity index (χ2v) is 2.87. The molecule has 0 aliphatic heterocycles. The van der Waals surface area contributed by atoms with Gasteiger partial charge in [-0.1, -0.05) is 0 Å². The van der Waals surface area contributed by atoms with Crippen molar-refractivity contribution >= 4 is 12.4 Å². The van der Waals surface area contributed by atoms with Crippen LogP contribution in [0.3, 0.4) is 0 Å². The van der Waals surface area contributed by atoms with Gasteiger partial charge in [0.1, 0.15) is 0 Å². The first-order chi connectivity index (χ1) is 5.27. The highest BCUT2D eigenvalue weighted by atomic mass is 14.7. The Labute approximate surface area is 67.8 Å². The minimum atomic E-state index is 0.671. The molecule has 0 radical (unpaired) electrons. The molecular formula is C9H14N2. The third kappa shape index (κ3) is 2.30. The van der Waals surface area contributed by atoms with Crippen LogP contribution < -0.4 is 0 Å². The molecule has 11 heavy (non-hydrogen) atoms. The Balaban J connectivity index is 2.65. The summed E-state index contributed by atoms with van der Waals surface area (Å²) < 4.78 is 0. The third-order valence-electron chi connectivity index (χ3n) is 1.89. The van der Waals surface area contributed by atoms with E-state index in [0.717, 1.165) is 11.4 Å². The summed E-state index contributed by atoms with van der Waals surface area (Å²) in [6.45, 7) is 5.52. The molecule has 1 aliphatic carbocycles. The fourth-order valence-electron chi connectivity index (χ4n) is 0.950. The fourth-order valence-corrected chi connectivity index (χ4v) is 0.950. The molecule has 2 heteroatoms. The molecule has 0 unspecified atom stereocenters. The number of aliphatic imine (C=N–C) groups is 2. The normalized spacial score (nSPS) is 20.2. The van der Waals surface area contributed by atoms with Crippen LogP contribution in [0.1, 0.15) is 19.8 Å². The molecule has 0 bridgehead atoms. The minimum Gasteiger partial charge on any atom is -0.293 e. The van der Waals surface area contributed by atoms with Crippen LogP contribution in [0, 0.1) is 5.92 Å². The molecule has 0 aromatic heterocycles. The molecule has 60 valence electrons. The molecule has 0 N–H and O–H groups in total. The average Bonchev–Trinajstić information content (AvgIpc) is 2.82. The van der Waals surface area contributed by atoms with E-state index in [-0.39, 0.29) is 0 Å². The van der Waals surface area contributed by atoms with Crippen molar-refractivity contribution in [1.29, 1.82) is 0 Å². The Morgan fingerprint density at radius 1 is 1.55 bits per heavy atom. The Bertz CT molecular complexity index is 210. The van der Waals surface area contributed by atoms with E-state index in [9.17, 15) is 0 Å². The van der Waals surface area contributed by atoms with Crippen LogP contribution in [0.25, 0.3) is 0 Å². The lowest BCUT2D eigenvalue weighted by atomic mass is 10.2. The Hall–Kier alpha value is -0.920. The lowest BCUT2D eigenvalue weighted by molar-refractivity contribution is 0.988. The van der Waals surface area contributed by atoms with E-state index >= 15 is 0 Å². The quantitative estimate of drug-likeness (QED) is 0.550. The summed E-state index contributed by atoms with van der Waals surface area (Å²) in [5, 5.41) is 0. The average molecular weight is 150 g/mol. The highest BCUT2D eigenvalue weighted by Crippen LogP contribution is 2.36. The van der Waals surface area contributed by atoms with Crippen LogP contribution in [0.4, 0.5) is 0 Å². The summed E-state index contributed by atoms with van der Waals surface area (Å²) >= 11 is 0. The molecule has 1 rings (SSSR count). The van der Waals surface area contributed by atoms with Crippen molar-refractivity contribution in [3.8, 4) is 0 Å². The van der Waals surface area contributed by atoms with E-state index in [1.807, 2.05) is 13.0 Å². The van der Waals surface area contributed by atoms with Gasteiger partial charge >= 0.3 is 0 Å². The molecule has 0 heterocycles. The van der Waals surface area contributed by atoms with Gasteiger partial charge in [-0.3, -0.25) is 9.98 Å². The summed E-state index contributed by atoms with van der Waals surface area (Å²) in [5.41, 5.74) is 2.13. The zero-order valence-corrected chi connectivity index (χ0v) is 7.17. The molecule has 0 atom stereocenters. The van der Waals surface area contributed by atoms with Gasteiger partial charge in [0.25, 0.3) is 0 Å². The molecule has 2 nitrogen and oxygen atoms in total. The fraction of sp³-hybridized carbons (Fsp3) is 0.556. The van der Waals surface area contributed by atoms with Crippen LogP contribution in [0.15, 0.2) is 21.8 Å². The summed E-state index contributed by atoms with van der Waals surface area (Å²) in [6.07, 6.45) is 4.55. The van der Waals surface area contributed by atoms with Gasteiger partial charge in [0.15, 0.2) is 0 Å². The van der Waals surface area contributed by atoms with E-state index < -0.39 is 0 Å². The van der Waals surface area contributed by atoms with Crippen LogP contribution in [-0.4, -0.2) is 19.5 Å². The topological polar surface area (TPSA) is 24.7 Å². The minimum absolute atomic E-state index is 0.671. The van der Waals surface area contributed by atoms with Crippen molar-refractivity contribution in [2.24, 2.45) is 15.9 Å². The van der Waals surface area contributed by atoms with E-state index in [2.05, 4.69) is 16.7 Å². The van der Waals surface area contributed by atoms with Gasteiger partial charge in [0.05, 0.1) is 0 Å². The van der Waals surface area contributed by atoms with Crippen molar-refractivity contribution in [3.63, 3.8) is 0 Å². The second-order valence-electron chi connectivity index (χ2n) is 2.87. The zero-order valence-electron chi connectivity index (χ0n) is 7.17. The SMILES string of the molecule is C=N/C(=C\C(C)=N/C)C1CC1. The van der Waals surface area contributed by atoms with Gasteiger partial charge in [0, 0.05) is 24.4 Å². The maximum absolute atomic E-state index is 4.04. The van der Waals surface area contributed by atoms with Crippen molar-refractivity contribution < 1.29 is 0 Å². The monoisotopic (exact) mass is 150 g/mol. The van der Waals surface area contributed by atoms with Gasteiger partial charge in [0.2, 0.25) is 0 Å². The first-order valence-corrected chi connectivity index (χ1v) is 3.89. The van der Waals surface area contributed by atoms with Crippen molar-refractivity contribution in [1.82, 2.24) is 0 Å². The van der Waals surface area contributed by atoms with Gasteiger partial charge in [-0.15, -0.1) is 0 Å². The number of allylic oxidation sites excluding steroid dienone is 2. The van der Waals surface area contributed by atoms with Crippen molar-refractivity contribution in [2.75, 3.05) is 7.05 Å². The van der Waals surface area contributed by atoms with Crippen LogP contribution in [0.2, 0.25) is 0 Å². The Kier molecular flexibility index (Phi) is 2.58.